The summed E-state index contributed by atoms with van der Waals surface area (Å²) in [6.45, 7) is -0.428. The number of nitrogens with two attached hydrogens (primary N) is 1. The van der Waals surface area contributed by atoms with Gasteiger partial charge in [-0.2, -0.15) is 4.31 Å². The van der Waals surface area contributed by atoms with Gasteiger partial charge in [-0.05, 0) is 55.2 Å². The Morgan fingerprint density at radius 1 is 1.29 bits per heavy atom. The predicted octanol–water partition coefficient (Wildman–Crippen LogP) is 3.43. The van der Waals surface area contributed by atoms with E-state index in [2.05, 4.69) is 20.9 Å². The van der Waals surface area contributed by atoms with Gasteiger partial charge in [0.15, 0.2) is 0 Å². The van der Waals surface area contributed by atoms with Crippen LogP contribution in [0.2, 0.25) is 0 Å². The number of carbonyl (C=O) groups excluding carboxylic acids is 1. The molecule has 4 rings (SSSR count). The lowest BCUT2D eigenvalue weighted by Gasteiger charge is -2.43. The molecule has 3 aromatic rings. The summed E-state index contributed by atoms with van der Waals surface area (Å²) in [5, 5.41) is 0. The van der Waals surface area contributed by atoms with E-state index in [0.29, 0.717) is 12.8 Å². The highest BCUT2D eigenvalue weighted by Crippen LogP contribution is 2.42. The normalized spacial score (nSPS) is 21.0. The van der Waals surface area contributed by atoms with Crippen LogP contribution >= 0.6 is 28.1 Å². The third kappa shape index (κ3) is 4.61. The van der Waals surface area contributed by atoms with Gasteiger partial charge in [0.05, 0.1) is 15.3 Å². The largest absolute Gasteiger partial charge is 0.460 e. The number of thiocarbonyl (C=S) groups is 1. The fraction of sp³-hybridized carbons (Fsp3) is 0.348. The fourth-order valence-corrected chi connectivity index (χ4v) is 6.22. The number of imidazole rings is 1. The summed E-state index contributed by atoms with van der Waals surface area (Å²) < 4.78 is 35.3. The molecule has 34 heavy (non-hydrogen) atoms. The van der Waals surface area contributed by atoms with Crippen LogP contribution in [0.5, 0.6) is 0 Å². The maximum Gasteiger partial charge on any atom is 0.321 e. The second-order valence-electron chi connectivity index (χ2n) is 8.39. The van der Waals surface area contributed by atoms with Crippen molar-refractivity contribution in [3.63, 3.8) is 0 Å². The molecule has 8 nitrogen and oxygen atoms in total. The van der Waals surface area contributed by atoms with Crippen molar-refractivity contribution in [2.24, 2.45) is 5.73 Å². The van der Waals surface area contributed by atoms with E-state index in [4.69, 9.17) is 22.7 Å². The van der Waals surface area contributed by atoms with Crippen LogP contribution in [0.4, 0.5) is 0 Å². The molecular formula is C23H25BrN4O4S2. The van der Waals surface area contributed by atoms with E-state index >= 15 is 0 Å². The van der Waals surface area contributed by atoms with E-state index in [1.807, 2.05) is 28.9 Å². The number of rotatable bonds is 7. The van der Waals surface area contributed by atoms with Crippen molar-refractivity contribution in [2.45, 2.75) is 42.1 Å². The molecule has 1 aliphatic carbocycles. The van der Waals surface area contributed by atoms with Gasteiger partial charge < -0.3 is 14.9 Å². The van der Waals surface area contributed by atoms with Crippen LogP contribution in [-0.4, -0.2) is 52.8 Å². The van der Waals surface area contributed by atoms with E-state index in [0.717, 1.165) is 32.8 Å². The number of halogens is 1. The SMILES string of the molecule is CN(CC(=O)OC1CCCCC1(C(N)=S)c1ccc2nccn2c1)S(=O)(=O)c1ccc(Br)cc1. The molecule has 0 bridgehead atoms. The summed E-state index contributed by atoms with van der Waals surface area (Å²) in [6.07, 6.45) is 7.79. The number of pyridine rings is 1. The van der Waals surface area contributed by atoms with Crippen LogP contribution in [0.3, 0.4) is 0 Å². The van der Waals surface area contributed by atoms with Crippen molar-refractivity contribution in [3.05, 3.63) is 65.0 Å². The number of benzene rings is 1. The fourth-order valence-electron chi connectivity index (χ4n) is 4.49. The van der Waals surface area contributed by atoms with Gasteiger partial charge in [0.25, 0.3) is 0 Å². The first-order valence-electron chi connectivity index (χ1n) is 10.8. The van der Waals surface area contributed by atoms with Gasteiger partial charge in [0.1, 0.15) is 18.3 Å². The summed E-state index contributed by atoms with van der Waals surface area (Å²) in [5.41, 5.74) is 7.07. The zero-order chi connectivity index (χ0) is 24.5. The smallest absolute Gasteiger partial charge is 0.321 e. The molecule has 0 saturated heterocycles. The average Bonchev–Trinajstić information content (AvgIpc) is 3.27. The Labute approximate surface area is 212 Å². The summed E-state index contributed by atoms with van der Waals surface area (Å²) in [7, 11) is -2.50. The number of fused-ring (bicyclic) bond motifs is 1. The van der Waals surface area contributed by atoms with Crippen LogP contribution in [0.1, 0.15) is 31.2 Å². The quantitative estimate of drug-likeness (QED) is 0.346. The van der Waals surface area contributed by atoms with Gasteiger partial charge in [0, 0.05) is 30.1 Å². The Morgan fingerprint density at radius 2 is 2.03 bits per heavy atom. The van der Waals surface area contributed by atoms with Crippen molar-refractivity contribution < 1.29 is 17.9 Å². The van der Waals surface area contributed by atoms with E-state index < -0.39 is 34.1 Å². The van der Waals surface area contributed by atoms with Crippen LogP contribution in [0.15, 0.2) is 64.4 Å². The standard InChI is InChI=1S/C23H25BrN4O4S2/c1-27(34(30,31)18-8-6-17(24)7-9-18)15-21(29)32-19-4-2-3-11-23(19,22(25)33)16-5-10-20-26-12-13-28(20)14-16/h5-10,12-14,19H,2-4,11,15H2,1H3,(H2,25,33). The van der Waals surface area contributed by atoms with E-state index in [9.17, 15) is 13.2 Å². The Hall–Kier alpha value is -2.34. The number of ether oxygens (including phenoxy) is 1. The van der Waals surface area contributed by atoms with E-state index in [1.165, 1.54) is 19.2 Å². The predicted molar refractivity (Wildman–Crippen MR) is 136 cm³/mol. The van der Waals surface area contributed by atoms with Crippen molar-refractivity contribution in [2.75, 3.05) is 13.6 Å². The van der Waals surface area contributed by atoms with Crippen LogP contribution in [0, 0.1) is 0 Å². The van der Waals surface area contributed by atoms with Gasteiger partial charge >= 0.3 is 5.97 Å². The molecule has 1 aliphatic rings. The first kappa shape index (κ1) is 24.8. The van der Waals surface area contributed by atoms with Crippen molar-refractivity contribution in [1.29, 1.82) is 0 Å². The van der Waals surface area contributed by atoms with Crippen LogP contribution < -0.4 is 5.73 Å². The molecule has 0 amide bonds. The minimum absolute atomic E-state index is 0.0924. The second kappa shape index (κ2) is 9.73. The molecule has 1 aromatic carbocycles. The molecule has 1 fully saturated rings. The first-order valence-corrected chi connectivity index (χ1v) is 13.4. The molecule has 11 heteroatoms. The van der Waals surface area contributed by atoms with Crippen molar-refractivity contribution in [3.8, 4) is 0 Å². The number of esters is 1. The summed E-state index contributed by atoms with van der Waals surface area (Å²) in [5.74, 6) is -0.653. The summed E-state index contributed by atoms with van der Waals surface area (Å²) in [4.78, 5) is 17.5. The first-order chi connectivity index (χ1) is 16.1. The Bertz CT molecular complexity index is 1330. The number of nitrogens with zero attached hydrogens (tertiary/aromatic N) is 3. The topological polar surface area (TPSA) is 107 Å². The maximum absolute atomic E-state index is 12.9. The minimum atomic E-state index is -3.86. The molecule has 2 heterocycles. The molecule has 2 unspecified atom stereocenters. The highest BCUT2D eigenvalue weighted by Gasteiger charge is 2.47. The number of hydrogen-bond donors (Lipinski definition) is 1. The van der Waals surface area contributed by atoms with Gasteiger partial charge in [-0.3, -0.25) is 4.79 Å². The number of hydrogen-bond acceptors (Lipinski definition) is 6. The minimum Gasteiger partial charge on any atom is -0.460 e. The highest BCUT2D eigenvalue weighted by molar-refractivity contribution is 9.10. The molecule has 180 valence electrons. The number of aromatic nitrogens is 2. The highest BCUT2D eigenvalue weighted by atomic mass is 79.9. The lowest BCUT2D eigenvalue weighted by atomic mass is 9.67. The van der Waals surface area contributed by atoms with E-state index in [1.54, 1.807) is 18.3 Å². The van der Waals surface area contributed by atoms with Crippen molar-refractivity contribution in [1.82, 2.24) is 13.7 Å². The third-order valence-corrected chi connectivity index (χ3v) is 9.04. The molecule has 1 saturated carbocycles. The zero-order valence-corrected chi connectivity index (χ0v) is 21.8. The van der Waals surface area contributed by atoms with Crippen LogP contribution in [-0.2, 0) is 25.0 Å². The van der Waals surface area contributed by atoms with Gasteiger partial charge in [-0.15, -0.1) is 0 Å². The maximum atomic E-state index is 12.9. The average molecular weight is 566 g/mol. The van der Waals surface area contributed by atoms with Crippen molar-refractivity contribution >= 4 is 54.8 Å². The Morgan fingerprint density at radius 3 is 2.74 bits per heavy atom. The van der Waals surface area contributed by atoms with Gasteiger partial charge in [0.2, 0.25) is 10.0 Å². The number of sulfonamides is 1. The lowest BCUT2D eigenvalue weighted by molar-refractivity contribution is -0.153. The Balaban J connectivity index is 1.57. The third-order valence-electron chi connectivity index (χ3n) is 6.33. The molecule has 0 spiro atoms. The molecule has 2 atom stereocenters. The van der Waals surface area contributed by atoms with E-state index in [-0.39, 0.29) is 9.88 Å². The molecule has 2 aromatic heterocycles. The van der Waals surface area contributed by atoms with Crippen LogP contribution in [0.25, 0.3) is 5.65 Å². The molecular weight excluding hydrogens is 540 g/mol. The number of likely N-dealkylation sites (N-methyl/N-ethyl adjacent to an activating group) is 1. The van der Waals surface area contributed by atoms with Gasteiger partial charge in [-0.1, -0.05) is 40.6 Å². The molecule has 0 radical (unpaired) electrons. The lowest BCUT2D eigenvalue weighted by Crippen LogP contribution is -2.53. The second-order valence-corrected chi connectivity index (χ2v) is 11.8. The number of carbonyl (C=O) groups is 1. The molecule has 0 aliphatic heterocycles. The Kier molecular flexibility index (Phi) is 7.09. The summed E-state index contributed by atoms with van der Waals surface area (Å²) in [6, 6.07) is 10.0. The zero-order valence-electron chi connectivity index (χ0n) is 18.6. The van der Waals surface area contributed by atoms with Gasteiger partial charge in [-0.25, -0.2) is 13.4 Å². The molecule has 2 N–H and O–H groups in total. The monoisotopic (exact) mass is 564 g/mol. The summed E-state index contributed by atoms with van der Waals surface area (Å²) >= 11 is 8.80.